The average molecular weight is 164 g/mol. The lowest BCUT2D eigenvalue weighted by Gasteiger charge is -1.86. The van der Waals surface area contributed by atoms with E-state index >= 15 is 0 Å². The summed E-state index contributed by atoms with van der Waals surface area (Å²) in [6.07, 6.45) is 9.92. The Hall–Kier alpha value is -0.0862. The van der Waals surface area contributed by atoms with Crippen LogP contribution in [0.15, 0.2) is 23.0 Å². The summed E-state index contributed by atoms with van der Waals surface area (Å²) in [6, 6.07) is 0. The van der Waals surface area contributed by atoms with E-state index in [9.17, 15) is 0 Å². The van der Waals surface area contributed by atoms with Crippen molar-refractivity contribution in [2.24, 2.45) is 0 Å². The Balaban J connectivity index is 3.29. The van der Waals surface area contributed by atoms with Gasteiger partial charge in [0.2, 0.25) is 0 Å². The van der Waals surface area contributed by atoms with E-state index in [-0.39, 0.29) is 0 Å². The third-order valence-electron chi connectivity index (χ3n) is 1.12. The predicted octanol–water partition coefficient (Wildman–Crippen LogP) is 1.91. The number of hydrogen-bond donors (Lipinski definition) is 0. The SMILES string of the molecule is CCCCC=CC=C([Si])[Si]. The van der Waals surface area contributed by atoms with Crippen molar-refractivity contribution in [3.05, 3.63) is 23.0 Å². The second-order valence-corrected chi connectivity index (χ2v) is 3.73. The van der Waals surface area contributed by atoms with E-state index in [1.165, 1.54) is 19.3 Å². The fourth-order valence-electron chi connectivity index (χ4n) is 0.582. The standard InChI is InChI=1S/C8H12Si2/c1-2-3-4-5-6-7-8(9)10/h5-7H,2-4H2,1H3. The van der Waals surface area contributed by atoms with Crippen molar-refractivity contribution in [1.82, 2.24) is 0 Å². The van der Waals surface area contributed by atoms with Gasteiger partial charge in [0.05, 0.1) is 20.5 Å². The van der Waals surface area contributed by atoms with E-state index in [2.05, 4.69) is 33.5 Å². The molecule has 0 aromatic carbocycles. The summed E-state index contributed by atoms with van der Waals surface area (Å²) in [5.74, 6) is 0. The van der Waals surface area contributed by atoms with Gasteiger partial charge in [-0.25, -0.2) is 0 Å². The van der Waals surface area contributed by atoms with Crippen LogP contribution in [0, 0.1) is 0 Å². The molecule has 0 N–H and O–H groups in total. The van der Waals surface area contributed by atoms with Crippen LogP contribution in [0.2, 0.25) is 0 Å². The second-order valence-electron chi connectivity index (χ2n) is 2.15. The molecule has 0 nitrogen and oxygen atoms in total. The largest absolute Gasteiger partial charge is 0.104 e. The molecule has 0 rings (SSSR count). The van der Waals surface area contributed by atoms with Crippen LogP contribution in [0.25, 0.3) is 0 Å². The lowest BCUT2D eigenvalue weighted by atomic mass is 10.2. The molecule has 0 saturated heterocycles. The molecule has 52 valence electrons. The second kappa shape index (κ2) is 7.03. The van der Waals surface area contributed by atoms with Gasteiger partial charge in [-0.3, -0.25) is 0 Å². The molecule has 0 aromatic rings. The van der Waals surface area contributed by atoms with Crippen molar-refractivity contribution < 1.29 is 0 Å². The van der Waals surface area contributed by atoms with E-state index in [0.717, 1.165) is 4.82 Å². The highest BCUT2D eigenvalue weighted by molar-refractivity contribution is 6.48. The molecule has 0 aliphatic rings. The van der Waals surface area contributed by atoms with Gasteiger partial charge in [-0.05, 0) is 6.42 Å². The smallest absolute Gasteiger partial charge is 0.0579 e. The molecule has 2 heteroatoms. The van der Waals surface area contributed by atoms with Crippen LogP contribution in [0.4, 0.5) is 0 Å². The van der Waals surface area contributed by atoms with Crippen molar-refractivity contribution in [1.29, 1.82) is 0 Å². The first-order valence-electron chi connectivity index (χ1n) is 3.57. The highest BCUT2D eigenvalue weighted by Crippen LogP contribution is 1.94. The zero-order valence-corrected chi connectivity index (χ0v) is 8.35. The van der Waals surface area contributed by atoms with Crippen molar-refractivity contribution in [3.8, 4) is 0 Å². The summed E-state index contributed by atoms with van der Waals surface area (Å²) >= 11 is 0. The normalized spacial score (nSPS) is 10.3. The Labute approximate surface area is 70.3 Å². The van der Waals surface area contributed by atoms with Crippen molar-refractivity contribution >= 4 is 20.5 Å². The summed E-state index contributed by atoms with van der Waals surface area (Å²) in [5.41, 5.74) is 0. The molecule has 0 unspecified atom stereocenters. The first-order chi connectivity index (χ1) is 4.77. The Morgan fingerprint density at radius 1 is 1.40 bits per heavy atom. The van der Waals surface area contributed by atoms with Crippen molar-refractivity contribution in [3.63, 3.8) is 0 Å². The number of hydrogen-bond acceptors (Lipinski definition) is 0. The molecule has 0 amide bonds. The summed E-state index contributed by atoms with van der Waals surface area (Å²) in [4.78, 5) is 0.979. The zero-order chi connectivity index (χ0) is 7.82. The van der Waals surface area contributed by atoms with Crippen LogP contribution < -0.4 is 0 Å². The van der Waals surface area contributed by atoms with Crippen LogP contribution in [-0.4, -0.2) is 20.5 Å². The monoisotopic (exact) mass is 164 g/mol. The van der Waals surface area contributed by atoms with Crippen LogP contribution in [0.5, 0.6) is 0 Å². The zero-order valence-electron chi connectivity index (χ0n) is 6.35. The first kappa shape index (κ1) is 9.91. The maximum Gasteiger partial charge on any atom is 0.0579 e. The third-order valence-corrected chi connectivity index (χ3v) is 1.46. The predicted molar refractivity (Wildman–Crippen MR) is 48.3 cm³/mol. The molecular formula is C8H12Si2. The summed E-state index contributed by atoms with van der Waals surface area (Å²) in [6.45, 7) is 2.20. The number of allylic oxidation sites excluding steroid dienone is 3. The van der Waals surface area contributed by atoms with Gasteiger partial charge >= 0.3 is 0 Å². The molecule has 0 fully saturated rings. The van der Waals surface area contributed by atoms with E-state index < -0.39 is 0 Å². The summed E-state index contributed by atoms with van der Waals surface area (Å²) in [5, 5.41) is 0. The van der Waals surface area contributed by atoms with E-state index in [1.54, 1.807) is 0 Å². The fraction of sp³-hybridized carbons (Fsp3) is 0.500. The molecule has 0 aliphatic heterocycles. The van der Waals surface area contributed by atoms with Crippen LogP contribution in [-0.2, 0) is 0 Å². The molecule has 0 bridgehead atoms. The molecule has 0 spiro atoms. The Morgan fingerprint density at radius 2 is 2.10 bits per heavy atom. The highest BCUT2D eigenvalue weighted by Gasteiger charge is 1.76. The minimum absolute atomic E-state index is 0.979. The molecule has 6 radical (unpaired) electrons. The fourth-order valence-corrected chi connectivity index (χ4v) is 0.775. The third kappa shape index (κ3) is 7.91. The first-order valence-corrected chi connectivity index (χ1v) is 4.57. The Morgan fingerprint density at radius 3 is 2.60 bits per heavy atom. The highest BCUT2D eigenvalue weighted by atomic mass is 28.2. The number of rotatable bonds is 4. The van der Waals surface area contributed by atoms with Gasteiger partial charge < -0.3 is 0 Å². The molecule has 0 saturated carbocycles. The molecule has 0 aromatic heterocycles. The molecule has 0 atom stereocenters. The average Bonchev–Trinajstić information content (AvgIpc) is 1.87. The van der Waals surface area contributed by atoms with Gasteiger partial charge in [0.1, 0.15) is 0 Å². The molecule has 0 aliphatic carbocycles. The van der Waals surface area contributed by atoms with Crippen LogP contribution >= 0.6 is 0 Å². The Kier molecular flexibility index (Phi) is 6.97. The minimum atomic E-state index is 0.979. The van der Waals surface area contributed by atoms with Crippen LogP contribution in [0.1, 0.15) is 26.2 Å². The molecule has 0 heterocycles. The van der Waals surface area contributed by atoms with E-state index in [1.807, 2.05) is 12.2 Å². The van der Waals surface area contributed by atoms with Gasteiger partial charge in [-0.1, -0.05) is 38.0 Å². The van der Waals surface area contributed by atoms with Gasteiger partial charge in [0.25, 0.3) is 0 Å². The number of unbranched alkanes of at least 4 members (excludes halogenated alkanes) is 2. The lowest BCUT2D eigenvalue weighted by Crippen LogP contribution is -1.74. The summed E-state index contributed by atoms with van der Waals surface area (Å²) in [7, 11) is 6.63. The molecular weight excluding hydrogens is 152 g/mol. The minimum Gasteiger partial charge on any atom is -0.104 e. The molecule has 10 heavy (non-hydrogen) atoms. The summed E-state index contributed by atoms with van der Waals surface area (Å²) < 4.78 is 0. The lowest BCUT2D eigenvalue weighted by molar-refractivity contribution is 0.815. The maximum absolute atomic E-state index is 3.31. The van der Waals surface area contributed by atoms with E-state index in [4.69, 9.17) is 0 Å². The van der Waals surface area contributed by atoms with Gasteiger partial charge in [0, 0.05) is 0 Å². The van der Waals surface area contributed by atoms with Gasteiger partial charge in [0.15, 0.2) is 0 Å². The van der Waals surface area contributed by atoms with Crippen molar-refractivity contribution in [2.45, 2.75) is 26.2 Å². The van der Waals surface area contributed by atoms with Gasteiger partial charge in [-0.15, -0.1) is 4.82 Å². The van der Waals surface area contributed by atoms with E-state index in [0.29, 0.717) is 0 Å². The topological polar surface area (TPSA) is 0 Å². The maximum atomic E-state index is 3.31. The Bertz CT molecular complexity index is 121. The quantitative estimate of drug-likeness (QED) is 0.338. The van der Waals surface area contributed by atoms with Crippen molar-refractivity contribution in [2.75, 3.05) is 0 Å². The van der Waals surface area contributed by atoms with Crippen LogP contribution in [0.3, 0.4) is 0 Å². The van der Waals surface area contributed by atoms with Gasteiger partial charge in [-0.2, -0.15) is 0 Å².